The lowest BCUT2D eigenvalue weighted by molar-refractivity contribution is -0.139. The molecule has 0 saturated heterocycles. The average molecular weight is 239 g/mol. The van der Waals surface area contributed by atoms with E-state index < -0.39 is 0 Å². The van der Waals surface area contributed by atoms with Crippen molar-refractivity contribution in [1.29, 1.82) is 0 Å². The maximum absolute atomic E-state index is 12.0. The molecule has 0 aromatic heterocycles. The highest BCUT2D eigenvalue weighted by Crippen LogP contribution is 2.59. The number of hydrogen-bond donors (Lipinski definition) is 0. The molecule has 0 aromatic rings. The Morgan fingerprint density at radius 3 is 1.88 bits per heavy atom. The Labute approximate surface area is 100 Å². The summed E-state index contributed by atoms with van der Waals surface area (Å²) in [5.41, 5.74) is 1.22. The fourth-order valence-corrected chi connectivity index (χ4v) is 4.41. The molecule has 4 unspecified atom stereocenters. The van der Waals surface area contributed by atoms with Gasteiger partial charge >= 0.3 is 0 Å². The summed E-state index contributed by atoms with van der Waals surface area (Å²) in [4.78, 5) is 23.9. The molecule has 0 spiro atoms. The van der Waals surface area contributed by atoms with Gasteiger partial charge in [-0.05, 0) is 37.2 Å². The molecule has 3 fully saturated rings. The van der Waals surface area contributed by atoms with Crippen LogP contribution in [0.1, 0.15) is 32.6 Å². The highest BCUT2D eigenvalue weighted by Gasteiger charge is 2.57. The minimum absolute atomic E-state index is 0.0244. The molecule has 0 N–H and O–H groups in total. The summed E-state index contributed by atoms with van der Waals surface area (Å²) in [5.74, 6) is 1.11. The van der Waals surface area contributed by atoms with E-state index in [1.165, 1.54) is 5.57 Å². The standard InChI is InChI=1S/C13H15ClO2/c1-6(14)11-7-2-3-8(11)13-10(16)5-4-9(15)12(7)13/h7-8,12-13H,2-5H2,1H3. The summed E-state index contributed by atoms with van der Waals surface area (Å²) in [6, 6.07) is 0. The second kappa shape index (κ2) is 3.43. The van der Waals surface area contributed by atoms with E-state index in [-0.39, 0.29) is 23.7 Å². The molecule has 0 aliphatic heterocycles. The van der Waals surface area contributed by atoms with Crippen molar-refractivity contribution >= 4 is 23.2 Å². The largest absolute Gasteiger partial charge is 0.299 e. The van der Waals surface area contributed by atoms with Gasteiger partial charge in [0, 0.05) is 29.7 Å². The molecule has 3 rings (SSSR count). The Morgan fingerprint density at radius 1 is 1.06 bits per heavy atom. The number of hydrogen-bond acceptors (Lipinski definition) is 2. The first-order valence-corrected chi connectivity index (χ1v) is 6.40. The zero-order valence-electron chi connectivity index (χ0n) is 9.33. The predicted molar refractivity (Wildman–Crippen MR) is 61.0 cm³/mol. The monoisotopic (exact) mass is 238 g/mol. The molecule has 3 saturated carbocycles. The zero-order chi connectivity index (χ0) is 11.4. The van der Waals surface area contributed by atoms with E-state index in [1.807, 2.05) is 6.92 Å². The Balaban J connectivity index is 2.08. The highest BCUT2D eigenvalue weighted by atomic mass is 35.5. The van der Waals surface area contributed by atoms with Gasteiger partial charge in [-0.3, -0.25) is 9.59 Å². The van der Waals surface area contributed by atoms with Crippen LogP contribution in [-0.4, -0.2) is 11.6 Å². The van der Waals surface area contributed by atoms with E-state index in [0.717, 1.165) is 17.9 Å². The third kappa shape index (κ3) is 1.20. The maximum atomic E-state index is 12.0. The minimum Gasteiger partial charge on any atom is -0.299 e. The highest BCUT2D eigenvalue weighted by molar-refractivity contribution is 6.29. The number of allylic oxidation sites excluding steroid dienone is 2. The summed E-state index contributed by atoms with van der Waals surface area (Å²) in [5, 5.41) is 0.822. The van der Waals surface area contributed by atoms with E-state index in [1.54, 1.807) is 0 Å². The number of rotatable bonds is 0. The van der Waals surface area contributed by atoms with E-state index >= 15 is 0 Å². The Kier molecular flexibility index (Phi) is 2.25. The van der Waals surface area contributed by atoms with Crippen LogP contribution < -0.4 is 0 Å². The lowest BCUT2D eigenvalue weighted by Gasteiger charge is -2.31. The number of Topliss-reactive ketones (excluding diaryl/α,β-unsaturated/α-hetero) is 2. The first-order valence-electron chi connectivity index (χ1n) is 6.03. The molecule has 3 aliphatic carbocycles. The smallest absolute Gasteiger partial charge is 0.137 e. The van der Waals surface area contributed by atoms with Gasteiger partial charge in [-0.15, -0.1) is 0 Å². The van der Waals surface area contributed by atoms with Gasteiger partial charge in [0.25, 0.3) is 0 Å². The summed E-state index contributed by atoms with van der Waals surface area (Å²) in [6.45, 7) is 1.90. The quantitative estimate of drug-likeness (QED) is 0.650. The van der Waals surface area contributed by atoms with Crippen LogP contribution in [0.5, 0.6) is 0 Å². The topological polar surface area (TPSA) is 34.1 Å². The fraction of sp³-hybridized carbons (Fsp3) is 0.692. The molecule has 86 valence electrons. The van der Waals surface area contributed by atoms with Crippen LogP contribution in [-0.2, 0) is 9.59 Å². The molecule has 2 nitrogen and oxygen atoms in total. The summed E-state index contributed by atoms with van der Waals surface area (Å²) >= 11 is 6.13. The van der Waals surface area contributed by atoms with Gasteiger partial charge in [-0.25, -0.2) is 0 Å². The molecular weight excluding hydrogens is 224 g/mol. The van der Waals surface area contributed by atoms with Crippen molar-refractivity contribution in [2.75, 3.05) is 0 Å². The van der Waals surface area contributed by atoms with Gasteiger partial charge in [0.05, 0.1) is 0 Å². The number of fused-ring (bicyclic) bond motifs is 5. The van der Waals surface area contributed by atoms with Crippen LogP contribution >= 0.6 is 11.6 Å². The molecular formula is C13H15ClO2. The lowest BCUT2D eigenvalue weighted by atomic mass is 9.69. The minimum atomic E-state index is -0.0244. The summed E-state index contributed by atoms with van der Waals surface area (Å²) < 4.78 is 0. The van der Waals surface area contributed by atoms with Gasteiger partial charge in [0.2, 0.25) is 0 Å². The number of halogens is 1. The normalized spacial score (nSPS) is 41.5. The number of ketones is 2. The SMILES string of the molecule is CC(Cl)=C1C2CCC1C1C(=O)CCC(=O)C21. The van der Waals surface area contributed by atoms with Crippen molar-refractivity contribution in [1.82, 2.24) is 0 Å². The van der Waals surface area contributed by atoms with Crippen LogP contribution in [0.2, 0.25) is 0 Å². The number of carbonyl (C=O) groups is 2. The molecule has 16 heavy (non-hydrogen) atoms. The van der Waals surface area contributed by atoms with Crippen LogP contribution in [0.15, 0.2) is 10.6 Å². The van der Waals surface area contributed by atoms with E-state index in [9.17, 15) is 9.59 Å². The van der Waals surface area contributed by atoms with Crippen LogP contribution in [0.25, 0.3) is 0 Å². The molecule has 3 heteroatoms. The Morgan fingerprint density at radius 2 is 1.50 bits per heavy atom. The van der Waals surface area contributed by atoms with E-state index in [4.69, 9.17) is 11.6 Å². The van der Waals surface area contributed by atoms with Crippen LogP contribution in [0.3, 0.4) is 0 Å². The van der Waals surface area contributed by atoms with Crippen molar-refractivity contribution in [2.45, 2.75) is 32.6 Å². The Bertz CT molecular complexity index is 374. The van der Waals surface area contributed by atoms with Gasteiger partial charge in [0.15, 0.2) is 0 Å². The van der Waals surface area contributed by atoms with E-state index in [0.29, 0.717) is 24.4 Å². The van der Waals surface area contributed by atoms with Crippen molar-refractivity contribution in [3.05, 3.63) is 10.6 Å². The predicted octanol–water partition coefficient (Wildman–Crippen LogP) is 2.70. The van der Waals surface area contributed by atoms with Crippen LogP contribution in [0, 0.1) is 23.7 Å². The molecule has 0 heterocycles. The third-order valence-electron chi connectivity index (χ3n) is 4.60. The van der Waals surface area contributed by atoms with Gasteiger partial charge in [-0.2, -0.15) is 0 Å². The van der Waals surface area contributed by atoms with Gasteiger partial charge in [-0.1, -0.05) is 11.6 Å². The van der Waals surface area contributed by atoms with E-state index in [2.05, 4.69) is 0 Å². The first-order chi connectivity index (χ1) is 7.61. The lowest BCUT2D eigenvalue weighted by Crippen LogP contribution is -2.39. The molecule has 2 bridgehead atoms. The second-order valence-corrected chi connectivity index (χ2v) is 5.83. The Hall–Kier alpha value is -0.630. The van der Waals surface area contributed by atoms with Crippen molar-refractivity contribution < 1.29 is 9.59 Å². The first kappa shape index (κ1) is 10.5. The molecule has 4 atom stereocenters. The van der Waals surface area contributed by atoms with Crippen molar-refractivity contribution in [3.63, 3.8) is 0 Å². The van der Waals surface area contributed by atoms with Gasteiger partial charge in [0.1, 0.15) is 11.6 Å². The van der Waals surface area contributed by atoms with Gasteiger partial charge < -0.3 is 0 Å². The third-order valence-corrected chi connectivity index (χ3v) is 4.82. The summed E-state index contributed by atoms with van der Waals surface area (Å²) in [7, 11) is 0. The second-order valence-electron chi connectivity index (χ2n) is 5.26. The zero-order valence-corrected chi connectivity index (χ0v) is 10.1. The molecule has 0 radical (unpaired) electrons. The van der Waals surface area contributed by atoms with Crippen molar-refractivity contribution in [2.24, 2.45) is 23.7 Å². The summed E-state index contributed by atoms with van der Waals surface area (Å²) in [6.07, 6.45) is 3.00. The average Bonchev–Trinajstić information content (AvgIpc) is 2.79. The fourth-order valence-electron chi connectivity index (χ4n) is 4.13. The molecule has 0 aromatic carbocycles. The maximum Gasteiger partial charge on any atom is 0.137 e. The van der Waals surface area contributed by atoms with Crippen molar-refractivity contribution in [3.8, 4) is 0 Å². The molecule has 0 amide bonds. The number of carbonyl (C=O) groups excluding carboxylic acids is 2. The van der Waals surface area contributed by atoms with Crippen LogP contribution in [0.4, 0.5) is 0 Å². The molecule has 3 aliphatic rings.